The van der Waals surface area contributed by atoms with E-state index in [1.807, 2.05) is 0 Å². The van der Waals surface area contributed by atoms with Crippen molar-refractivity contribution in [1.29, 1.82) is 0 Å². The Labute approximate surface area is 125 Å². The first-order valence-corrected chi connectivity index (χ1v) is 6.76. The van der Waals surface area contributed by atoms with Crippen LogP contribution in [0.15, 0.2) is 0 Å². The second-order valence-corrected chi connectivity index (χ2v) is 7.01. The molecule has 7 nitrogen and oxygen atoms in total. The second-order valence-electron chi connectivity index (χ2n) is 7.01. The summed E-state index contributed by atoms with van der Waals surface area (Å²) in [5, 5.41) is 13.9. The van der Waals surface area contributed by atoms with Crippen molar-refractivity contribution in [1.82, 2.24) is 10.6 Å². The molecule has 21 heavy (non-hydrogen) atoms. The molecule has 0 aromatic heterocycles. The number of carbonyl (C=O) groups excluding carboxylic acids is 2. The summed E-state index contributed by atoms with van der Waals surface area (Å²) in [6, 6.07) is -1.95. The fourth-order valence-electron chi connectivity index (χ4n) is 1.47. The maximum absolute atomic E-state index is 12.0. The highest BCUT2D eigenvalue weighted by Crippen LogP contribution is 2.19. The van der Waals surface area contributed by atoms with Crippen molar-refractivity contribution >= 4 is 18.0 Å². The number of carboxylic acid groups (broad SMARTS) is 1. The van der Waals surface area contributed by atoms with Crippen LogP contribution in [0.3, 0.4) is 0 Å². The predicted molar refractivity (Wildman–Crippen MR) is 77.9 cm³/mol. The van der Waals surface area contributed by atoms with E-state index in [4.69, 9.17) is 9.84 Å². The van der Waals surface area contributed by atoms with Crippen molar-refractivity contribution < 1.29 is 24.2 Å². The number of carboxylic acids is 1. The van der Waals surface area contributed by atoms with Crippen molar-refractivity contribution in [2.24, 2.45) is 5.41 Å². The van der Waals surface area contributed by atoms with Gasteiger partial charge in [-0.3, -0.25) is 4.79 Å². The van der Waals surface area contributed by atoms with Crippen LogP contribution in [0.25, 0.3) is 0 Å². The van der Waals surface area contributed by atoms with E-state index < -0.39 is 41.1 Å². The maximum Gasteiger partial charge on any atom is 0.408 e. The molecule has 0 rings (SSSR count). The molecule has 0 radical (unpaired) electrons. The molecule has 0 heterocycles. The van der Waals surface area contributed by atoms with Crippen LogP contribution in [-0.2, 0) is 14.3 Å². The summed E-state index contributed by atoms with van der Waals surface area (Å²) < 4.78 is 5.03. The Morgan fingerprint density at radius 1 is 1.00 bits per heavy atom. The van der Waals surface area contributed by atoms with Gasteiger partial charge in [-0.2, -0.15) is 0 Å². The molecule has 0 saturated carbocycles. The summed E-state index contributed by atoms with van der Waals surface area (Å²) in [5.41, 5.74) is -1.32. The van der Waals surface area contributed by atoms with Crippen molar-refractivity contribution in [3.8, 4) is 0 Å². The van der Waals surface area contributed by atoms with Gasteiger partial charge in [0.25, 0.3) is 0 Å². The summed E-state index contributed by atoms with van der Waals surface area (Å²) in [4.78, 5) is 34.7. The van der Waals surface area contributed by atoms with E-state index in [1.54, 1.807) is 41.5 Å². The average Bonchev–Trinajstić information content (AvgIpc) is 2.19. The second kappa shape index (κ2) is 6.78. The molecule has 0 fully saturated rings. The summed E-state index contributed by atoms with van der Waals surface area (Å²) >= 11 is 0. The standard InChI is InChI=1S/C14H26N2O5/c1-8(15-12(20)21-14(5,6)7)10(17)16-9(11(18)19)13(2,3)4/h8-9H,1-7H3,(H,15,20)(H,16,17)(H,18,19)/t8?,9-/m1/s1. The summed E-state index contributed by atoms with van der Waals surface area (Å²) in [6.07, 6.45) is -0.729. The van der Waals surface area contributed by atoms with Crippen LogP contribution in [0.2, 0.25) is 0 Å². The van der Waals surface area contributed by atoms with Gasteiger partial charge in [0.1, 0.15) is 17.7 Å². The van der Waals surface area contributed by atoms with Crippen LogP contribution in [0, 0.1) is 5.41 Å². The van der Waals surface area contributed by atoms with Crippen LogP contribution < -0.4 is 10.6 Å². The third-order valence-electron chi connectivity index (χ3n) is 2.53. The van der Waals surface area contributed by atoms with E-state index in [0.717, 1.165) is 0 Å². The van der Waals surface area contributed by atoms with E-state index in [9.17, 15) is 14.4 Å². The lowest BCUT2D eigenvalue weighted by molar-refractivity contribution is -0.145. The van der Waals surface area contributed by atoms with Gasteiger partial charge >= 0.3 is 12.1 Å². The van der Waals surface area contributed by atoms with E-state index in [2.05, 4.69) is 10.6 Å². The van der Waals surface area contributed by atoms with E-state index in [0.29, 0.717) is 0 Å². The fraction of sp³-hybridized carbons (Fsp3) is 0.786. The molecule has 122 valence electrons. The van der Waals surface area contributed by atoms with Gasteiger partial charge < -0.3 is 20.5 Å². The van der Waals surface area contributed by atoms with Crippen LogP contribution in [0.5, 0.6) is 0 Å². The highest BCUT2D eigenvalue weighted by molar-refractivity contribution is 5.89. The molecule has 0 aromatic carbocycles. The molecule has 0 spiro atoms. The first-order chi connectivity index (χ1) is 9.24. The zero-order chi connectivity index (χ0) is 17.0. The Morgan fingerprint density at radius 2 is 1.48 bits per heavy atom. The molecule has 0 aromatic rings. The molecule has 2 atom stereocenters. The molecule has 2 amide bonds. The molecule has 0 bridgehead atoms. The Balaban J connectivity index is 4.65. The Hall–Kier alpha value is -1.79. The molecule has 7 heteroatoms. The zero-order valence-corrected chi connectivity index (χ0v) is 13.7. The third-order valence-corrected chi connectivity index (χ3v) is 2.53. The lowest BCUT2D eigenvalue weighted by atomic mass is 9.86. The normalized spacial score (nSPS) is 14.8. The van der Waals surface area contributed by atoms with Gasteiger partial charge in [0.2, 0.25) is 5.91 Å². The number of amides is 2. The molecule has 0 aliphatic rings. The van der Waals surface area contributed by atoms with Gasteiger partial charge in [-0.15, -0.1) is 0 Å². The van der Waals surface area contributed by atoms with Gasteiger partial charge in [0, 0.05) is 0 Å². The summed E-state index contributed by atoms with van der Waals surface area (Å²) in [5.74, 6) is -1.71. The zero-order valence-electron chi connectivity index (χ0n) is 13.7. The molecular formula is C14H26N2O5. The van der Waals surface area contributed by atoms with Crippen LogP contribution in [0.4, 0.5) is 4.79 Å². The number of carbonyl (C=O) groups is 3. The van der Waals surface area contributed by atoms with Gasteiger partial charge in [-0.05, 0) is 33.1 Å². The molecular weight excluding hydrogens is 276 g/mol. The minimum Gasteiger partial charge on any atom is -0.480 e. The van der Waals surface area contributed by atoms with Crippen LogP contribution in [-0.4, -0.2) is 40.8 Å². The van der Waals surface area contributed by atoms with Crippen LogP contribution >= 0.6 is 0 Å². The lowest BCUT2D eigenvalue weighted by Crippen LogP contribution is -2.55. The number of ether oxygens (including phenoxy) is 1. The minimum absolute atomic E-state index is 0.580. The maximum atomic E-state index is 12.0. The summed E-state index contributed by atoms with van der Waals surface area (Å²) in [6.45, 7) is 11.7. The molecule has 1 unspecified atom stereocenters. The Morgan fingerprint density at radius 3 is 1.81 bits per heavy atom. The lowest BCUT2D eigenvalue weighted by Gasteiger charge is -2.29. The monoisotopic (exact) mass is 302 g/mol. The average molecular weight is 302 g/mol. The topological polar surface area (TPSA) is 105 Å². The number of hydrogen-bond donors (Lipinski definition) is 3. The van der Waals surface area contributed by atoms with E-state index in [1.165, 1.54) is 6.92 Å². The SMILES string of the molecule is CC(NC(=O)OC(C)(C)C)C(=O)N[C@H](C(=O)O)C(C)(C)C. The quantitative estimate of drug-likeness (QED) is 0.730. The largest absolute Gasteiger partial charge is 0.480 e. The minimum atomic E-state index is -1.12. The molecule has 0 aliphatic carbocycles. The number of hydrogen-bond acceptors (Lipinski definition) is 4. The van der Waals surface area contributed by atoms with Gasteiger partial charge in [0.15, 0.2) is 0 Å². The number of aliphatic carboxylic acids is 1. The van der Waals surface area contributed by atoms with Crippen molar-refractivity contribution in [3.63, 3.8) is 0 Å². The smallest absolute Gasteiger partial charge is 0.408 e. The predicted octanol–water partition coefficient (Wildman–Crippen LogP) is 1.52. The van der Waals surface area contributed by atoms with Crippen LogP contribution in [0.1, 0.15) is 48.5 Å². The number of alkyl carbamates (subject to hydrolysis) is 1. The number of nitrogens with one attached hydrogen (secondary N) is 2. The van der Waals surface area contributed by atoms with Gasteiger partial charge in [-0.1, -0.05) is 20.8 Å². The van der Waals surface area contributed by atoms with Crippen molar-refractivity contribution in [2.45, 2.75) is 66.2 Å². The molecule has 3 N–H and O–H groups in total. The number of rotatable bonds is 4. The highest BCUT2D eigenvalue weighted by Gasteiger charge is 2.34. The van der Waals surface area contributed by atoms with Crippen molar-refractivity contribution in [2.75, 3.05) is 0 Å². The fourth-order valence-corrected chi connectivity index (χ4v) is 1.47. The van der Waals surface area contributed by atoms with Gasteiger partial charge in [0.05, 0.1) is 0 Å². The molecule has 0 saturated heterocycles. The molecule has 0 aliphatic heterocycles. The van der Waals surface area contributed by atoms with E-state index >= 15 is 0 Å². The Bertz CT molecular complexity index is 407. The summed E-state index contributed by atoms with van der Waals surface area (Å²) in [7, 11) is 0. The van der Waals surface area contributed by atoms with Crippen molar-refractivity contribution in [3.05, 3.63) is 0 Å². The first-order valence-electron chi connectivity index (χ1n) is 6.76. The van der Waals surface area contributed by atoms with E-state index in [-0.39, 0.29) is 0 Å². The third kappa shape index (κ3) is 7.53. The van der Waals surface area contributed by atoms with Gasteiger partial charge in [-0.25, -0.2) is 9.59 Å². The first kappa shape index (κ1) is 19.2. The highest BCUT2D eigenvalue weighted by atomic mass is 16.6. The Kier molecular flexibility index (Phi) is 6.20.